The molecule has 0 aliphatic carbocycles. The van der Waals surface area contributed by atoms with Crippen LogP contribution >= 0.6 is 12.6 Å². The molecule has 0 bridgehead atoms. The minimum atomic E-state index is -0.657. The van der Waals surface area contributed by atoms with Crippen LogP contribution in [0.1, 0.15) is 29.4 Å². The van der Waals surface area contributed by atoms with E-state index in [4.69, 9.17) is 14.2 Å². The van der Waals surface area contributed by atoms with E-state index in [0.717, 1.165) is 0 Å². The minimum absolute atomic E-state index is 0.0440. The Bertz CT molecular complexity index is 1160. The standard InChI is InChI=1S/C18H13FN6O2S/c1-2-25-16(13-4-3-7-26-13)22-23-17(25)14(28)15-21-18(27-24-15)11-8-10(9-20)5-6-12(11)19/h3-8,14,28H,2H2,1H3. The molecule has 0 saturated heterocycles. The number of halogens is 1. The third-order valence-electron chi connectivity index (χ3n) is 4.09. The van der Waals surface area contributed by atoms with Gasteiger partial charge in [-0.05, 0) is 37.3 Å². The van der Waals surface area contributed by atoms with Crippen molar-refractivity contribution in [3.63, 3.8) is 0 Å². The van der Waals surface area contributed by atoms with Gasteiger partial charge in [0.15, 0.2) is 23.2 Å². The molecule has 28 heavy (non-hydrogen) atoms. The average Bonchev–Trinajstić information content (AvgIpc) is 3.47. The van der Waals surface area contributed by atoms with Gasteiger partial charge in [-0.3, -0.25) is 0 Å². The molecule has 4 rings (SSSR count). The number of aromatic nitrogens is 5. The summed E-state index contributed by atoms with van der Waals surface area (Å²) in [5.41, 5.74) is 0.332. The molecule has 0 spiro atoms. The van der Waals surface area contributed by atoms with Crippen LogP contribution in [0.25, 0.3) is 23.0 Å². The average molecular weight is 396 g/mol. The van der Waals surface area contributed by atoms with Crippen molar-refractivity contribution < 1.29 is 13.3 Å². The smallest absolute Gasteiger partial charge is 0.260 e. The fraction of sp³-hybridized carbons (Fsp3) is 0.167. The lowest BCUT2D eigenvalue weighted by atomic mass is 10.1. The Hall–Kier alpha value is -3.45. The maximum absolute atomic E-state index is 14.1. The van der Waals surface area contributed by atoms with Crippen molar-refractivity contribution in [2.75, 3.05) is 0 Å². The molecular formula is C18H13FN6O2S. The van der Waals surface area contributed by atoms with E-state index in [2.05, 4.69) is 33.0 Å². The molecule has 0 saturated carbocycles. The lowest BCUT2D eigenvalue weighted by molar-refractivity contribution is 0.420. The maximum Gasteiger partial charge on any atom is 0.260 e. The third-order valence-corrected chi connectivity index (χ3v) is 4.56. The van der Waals surface area contributed by atoms with Crippen LogP contribution in [0.15, 0.2) is 45.5 Å². The predicted octanol–water partition coefficient (Wildman–Crippen LogP) is 3.64. The van der Waals surface area contributed by atoms with Crippen molar-refractivity contribution in [2.45, 2.75) is 18.7 Å². The first-order chi connectivity index (χ1) is 13.6. The summed E-state index contributed by atoms with van der Waals surface area (Å²) in [6.07, 6.45) is 1.55. The highest BCUT2D eigenvalue weighted by Gasteiger charge is 2.26. The van der Waals surface area contributed by atoms with Crippen molar-refractivity contribution in [2.24, 2.45) is 0 Å². The lowest BCUT2D eigenvalue weighted by Gasteiger charge is -2.09. The highest BCUT2D eigenvalue weighted by atomic mass is 32.1. The monoisotopic (exact) mass is 396 g/mol. The van der Waals surface area contributed by atoms with Gasteiger partial charge in [0.1, 0.15) is 11.1 Å². The van der Waals surface area contributed by atoms with E-state index in [-0.39, 0.29) is 22.8 Å². The lowest BCUT2D eigenvalue weighted by Crippen LogP contribution is -2.08. The molecule has 0 aliphatic rings. The number of thiol groups is 1. The summed E-state index contributed by atoms with van der Waals surface area (Å²) < 4.78 is 26.5. The Kier molecular flexibility index (Phi) is 4.67. The fourth-order valence-corrected chi connectivity index (χ4v) is 3.04. The predicted molar refractivity (Wildman–Crippen MR) is 98.6 cm³/mol. The first-order valence-corrected chi connectivity index (χ1v) is 8.82. The van der Waals surface area contributed by atoms with Gasteiger partial charge in [-0.2, -0.15) is 22.9 Å². The van der Waals surface area contributed by atoms with Crippen LogP contribution < -0.4 is 0 Å². The van der Waals surface area contributed by atoms with Crippen molar-refractivity contribution in [3.8, 4) is 29.1 Å². The van der Waals surface area contributed by atoms with Crippen molar-refractivity contribution in [1.82, 2.24) is 24.9 Å². The third kappa shape index (κ3) is 3.05. The van der Waals surface area contributed by atoms with Gasteiger partial charge in [0.05, 0.1) is 23.5 Å². The molecule has 8 nitrogen and oxygen atoms in total. The van der Waals surface area contributed by atoms with E-state index in [1.807, 2.05) is 17.6 Å². The number of nitrogens with zero attached hydrogens (tertiary/aromatic N) is 6. The molecule has 1 aromatic carbocycles. The molecule has 3 heterocycles. The maximum atomic E-state index is 14.1. The topological polar surface area (TPSA) is 107 Å². The number of hydrogen-bond donors (Lipinski definition) is 1. The SMILES string of the molecule is CCn1c(-c2ccco2)nnc1C(S)c1noc(-c2cc(C#N)ccc2F)n1. The summed E-state index contributed by atoms with van der Waals surface area (Å²) in [5.74, 6) is 1.21. The molecule has 140 valence electrons. The zero-order valence-corrected chi connectivity index (χ0v) is 15.5. The molecule has 0 radical (unpaired) electrons. The minimum Gasteiger partial charge on any atom is -0.461 e. The normalized spacial score (nSPS) is 12.1. The molecule has 0 aliphatic heterocycles. The van der Waals surface area contributed by atoms with Crippen LogP contribution in [0.5, 0.6) is 0 Å². The molecule has 4 aromatic rings. The summed E-state index contributed by atoms with van der Waals surface area (Å²) >= 11 is 4.55. The Labute approximate surface area is 164 Å². The number of hydrogen-bond acceptors (Lipinski definition) is 8. The zero-order chi connectivity index (χ0) is 19.7. The van der Waals surface area contributed by atoms with E-state index in [0.29, 0.717) is 24.0 Å². The molecule has 10 heteroatoms. The van der Waals surface area contributed by atoms with Gasteiger partial charge in [-0.1, -0.05) is 5.16 Å². The van der Waals surface area contributed by atoms with E-state index >= 15 is 0 Å². The summed E-state index contributed by atoms with van der Waals surface area (Å²) in [7, 11) is 0. The van der Waals surface area contributed by atoms with Crippen LogP contribution in [0.3, 0.4) is 0 Å². The van der Waals surface area contributed by atoms with Gasteiger partial charge >= 0.3 is 0 Å². The van der Waals surface area contributed by atoms with Gasteiger partial charge < -0.3 is 13.5 Å². The second kappa shape index (κ2) is 7.28. The van der Waals surface area contributed by atoms with Crippen molar-refractivity contribution >= 4 is 12.6 Å². The summed E-state index contributed by atoms with van der Waals surface area (Å²) in [6.45, 7) is 2.50. The number of benzene rings is 1. The number of furan rings is 1. The molecular weight excluding hydrogens is 383 g/mol. The van der Waals surface area contributed by atoms with Gasteiger partial charge in [-0.25, -0.2) is 4.39 Å². The molecule has 0 fully saturated rings. The van der Waals surface area contributed by atoms with Crippen LogP contribution in [-0.4, -0.2) is 24.9 Å². The van der Waals surface area contributed by atoms with E-state index in [9.17, 15) is 4.39 Å². The highest BCUT2D eigenvalue weighted by molar-refractivity contribution is 7.80. The highest BCUT2D eigenvalue weighted by Crippen LogP contribution is 2.30. The van der Waals surface area contributed by atoms with E-state index in [1.165, 1.54) is 18.2 Å². The Morgan fingerprint density at radius 3 is 2.89 bits per heavy atom. The van der Waals surface area contributed by atoms with Crippen LogP contribution in [0.2, 0.25) is 0 Å². The Balaban J connectivity index is 1.70. The van der Waals surface area contributed by atoms with Crippen LogP contribution in [0, 0.1) is 17.1 Å². The Morgan fingerprint density at radius 1 is 1.32 bits per heavy atom. The van der Waals surface area contributed by atoms with Gasteiger partial charge in [0, 0.05) is 6.54 Å². The van der Waals surface area contributed by atoms with Crippen molar-refractivity contribution in [1.29, 1.82) is 5.26 Å². The number of rotatable bonds is 5. The van der Waals surface area contributed by atoms with E-state index < -0.39 is 11.1 Å². The largest absolute Gasteiger partial charge is 0.461 e. The zero-order valence-electron chi connectivity index (χ0n) is 14.6. The second-order valence-corrected chi connectivity index (χ2v) is 6.29. The first kappa shape index (κ1) is 17.9. The molecule has 1 unspecified atom stereocenters. The summed E-state index contributed by atoms with van der Waals surface area (Å²) in [4.78, 5) is 4.23. The van der Waals surface area contributed by atoms with Crippen LogP contribution in [-0.2, 0) is 6.54 Å². The number of nitriles is 1. The second-order valence-electron chi connectivity index (χ2n) is 5.77. The summed E-state index contributed by atoms with van der Waals surface area (Å²) in [6, 6.07) is 9.40. The van der Waals surface area contributed by atoms with Gasteiger partial charge in [-0.15, -0.1) is 10.2 Å². The molecule has 1 atom stereocenters. The van der Waals surface area contributed by atoms with Crippen molar-refractivity contribution in [3.05, 3.63) is 59.6 Å². The summed E-state index contributed by atoms with van der Waals surface area (Å²) in [5, 5.41) is 20.6. The molecule has 0 N–H and O–H groups in total. The first-order valence-electron chi connectivity index (χ1n) is 8.31. The Morgan fingerprint density at radius 2 is 2.18 bits per heavy atom. The fourth-order valence-electron chi connectivity index (χ4n) is 2.75. The molecule has 3 aromatic heterocycles. The van der Waals surface area contributed by atoms with E-state index in [1.54, 1.807) is 18.4 Å². The van der Waals surface area contributed by atoms with Crippen LogP contribution in [0.4, 0.5) is 4.39 Å². The quantitative estimate of drug-likeness (QED) is 0.513. The van der Waals surface area contributed by atoms with Gasteiger partial charge in [0.25, 0.3) is 5.89 Å². The van der Waals surface area contributed by atoms with Gasteiger partial charge in [0.2, 0.25) is 0 Å². The molecule has 0 amide bonds.